The standard InChI is InChI=1S/C27H29N3O8S3/c1-4-12-30-18-11-10-16(25(33)37-2)13-20(18)40-27(30)29-22(32)15-41(35,36)14-21(31)28-24-23(26(34)38-3)17-8-6-5-7-9-19(17)39-24/h4,10-11,13H,1,5-9,12,14-15H2,2-3H3,(H,28,31). The quantitative estimate of drug-likeness (QED) is 0.218. The minimum atomic E-state index is -4.20. The van der Waals surface area contributed by atoms with Gasteiger partial charge in [0.25, 0.3) is 5.91 Å². The Balaban J connectivity index is 1.53. The lowest BCUT2D eigenvalue weighted by Crippen LogP contribution is -2.28. The molecule has 0 spiro atoms. The zero-order chi connectivity index (χ0) is 29.7. The number of carbonyl (C=O) groups excluding carboxylic acids is 4. The number of aromatic nitrogens is 1. The number of aryl methyl sites for hydroxylation is 1. The summed E-state index contributed by atoms with van der Waals surface area (Å²) in [5, 5.41) is 2.80. The number of nitrogens with one attached hydrogen (secondary N) is 1. The van der Waals surface area contributed by atoms with Crippen LogP contribution in [0.5, 0.6) is 0 Å². The van der Waals surface area contributed by atoms with E-state index in [0.717, 1.165) is 47.5 Å². The van der Waals surface area contributed by atoms with Crippen molar-refractivity contribution in [3.05, 3.63) is 57.2 Å². The first-order valence-corrected chi connectivity index (χ1v) is 16.2. The third kappa shape index (κ3) is 7.00. The van der Waals surface area contributed by atoms with Crippen LogP contribution in [0.3, 0.4) is 0 Å². The zero-order valence-corrected chi connectivity index (χ0v) is 25.0. The number of esters is 2. The van der Waals surface area contributed by atoms with E-state index in [1.165, 1.54) is 25.6 Å². The third-order valence-electron chi connectivity index (χ3n) is 6.39. The minimum absolute atomic E-state index is 0.217. The molecule has 0 unspecified atom stereocenters. The van der Waals surface area contributed by atoms with Crippen molar-refractivity contribution in [2.75, 3.05) is 31.0 Å². The van der Waals surface area contributed by atoms with E-state index in [4.69, 9.17) is 9.47 Å². The Morgan fingerprint density at radius 1 is 1.05 bits per heavy atom. The van der Waals surface area contributed by atoms with Gasteiger partial charge in [-0.2, -0.15) is 4.99 Å². The molecule has 11 nitrogen and oxygen atoms in total. The van der Waals surface area contributed by atoms with Gasteiger partial charge in [0, 0.05) is 11.4 Å². The Bertz CT molecular complexity index is 1710. The number of nitrogens with zero attached hydrogens (tertiary/aromatic N) is 2. The molecule has 0 radical (unpaired) electrons. The summed E-state index contributed by atoms with van der Waals surface area (Å²) in [5.41, 5.74) is 2.09. The highest BCUT2D eigenvalue weighted by Gasteiger charge is 2.28. The molecule has 1 N–H and O–H groups in total. The molecular weight excluding hydrogens is 591 g/mol. The number of sulfone groups is 1. The summed E-state index contributed by atoms with van der Waals surface area (Å²) in [7, 11) is -1.67. The lowest BCUT2D eigenvalue weighted by Gasteiger charge is -2.07. The van der Waals surface area contributed by atoms with Gasteiger partial charge in [-0.05, 0) is 49.4 Å². The summed E-state index contributed by atoms with van der Waals surface area (Å²) in [6.45, 7) is 3.99. The molecule has 2 aromatic heterocycles. The van der Waals surface area contributed by atoms with E-state index in [1.807, 2.05) is 0 Å². The molecule has 2 heterocycles. The molecule has 1 aromatic carbocycles. The molecule has 0 atom stereocenters. The minimum Gasteiger partial charge on any atom is -0.465 e. The average molecular weight is 620 g/mol. The lowest BCUT2D eigenvalue weighted by molar-refractivity contribution is -0.115. The number of rotatable bonds is 9. The first kappa shape index (κ1) is 30.3. The van der Waals surface area contributed by atoms with Gasteiger partial charge in [-0.25, -0.2) is 18.0 Å². The highest BCUT2D eigenvalue weighted by Crippen LogP contribution is 2.38. The van der Waals surface area contributed by atoms with Gasteiger partial charge in [0.1, 0.15) is 16.5 Å². The SMILES string of the molecule is C=CCn1c(=NC(=O)CS(=O)(=O)CC(=O)Nc2sc3c(c2C(=O)OC)CCCCC3)sc2cc(C(=O)OC)ccc21. The number of fused-ring (bicyclic) bond motifs is 2. The van der Waals surface area contributed by atoms with Crippen molar-refractivity contribution in [3.63, 3.8) is 0 Å². The second kappa shape index (κ2) is 12.9. The van der Waals surface area contributed by atoms with Crippen molar-refractivity contribution < 1.29 is 37.1 Å². The average Bonchev–Trinajstić information content (AvgIpc) is 3.33. The smallest absolute Gasteiger partial charge is 0.341 e. The molecule has 1 aliphatic carbocycles. The second-order valence-electron chi connectivity index (χ2n) is 9.30. The van der Waals surface area contributed by atoms with Crippen LogP contribution in [0.2, 0.25) is 0 Å². The summed E-state index contributed by atoms with van der Waals surface area (Å²) >= 11 is 2.35. The third-order valence-corrected chi connectivity index (χ3v) is 10.0. The number of benzene rings is 1. The number of amides is 2. The van der Waals surface area contributed by atoms with E-state index in [1.54, 1.807) is 28.8 Å². The van der Waals surface area contributed by atoms with Gasteiger partial charge in [0.15, 0.2) is 14.6 Å². The van der Waals surface area contributed by atoms with Crippen LogP contribution in [0.1, 0.15) is 50.4 Å². The number of methoxy groups -OCH3 is 2. The largest absolute Gasteiger partial charge is 0.465 e. The van der Waals surface area contributed by atoms with Crippen LogP contribution >= 0.6 is 22.7 Å². The van der Waals surface area contributed by atoms with Crippen molar-refractivity contribution in [1.82, 2.24) is 4.57 Å². The summed E-state index contributed by atoms with van der Waals surface area (Å²) < 4.78 is 37.5. The van der Waals surface area contributed by atoms with Crippen LogP contribution in [-0.4, -0.2) is 62.5 Å². The summed E-state index contributed by atoms with van der Waals surface area (Å²) in [5.74, 6) is -4.87. The maximum atomic E-state index is 12.8. The Labute approximate surface area is 244 Å². The van der Waals surface area contributed by atoms with E-state index >= 15 is 0 Å². The number of anilines is 1. The number of hydrogen-bond acceptors (Lipinski definition) is 10. The maximum Gasteiger partial charge on any atom is 0.341 e. The van der Waals surface area contributed by atoms with E-state index in [2.05, 4.69) is 16.9 Å². The van der Waals surface area contributed by atoms with Crippen molar-refractivity contribution in [3.8, 4) is 0 Å². The molecule has 14 heteroatoms. The van der Waals surface area contributed by atoms with Crippen LogP contribution in [0.15, 0.2) is 35.8 Å². The van der Waals surface area contributed by atoms with Gasteiger partial charge < -0.3 is 19.4 Å². The summed E-state index contributed by atoms with van der Waals surface area (Å²) in [6, 6.07) is 4.86. The molecule has 41 heavy (non-hydrogen) atoms. The Hall–Kier alpha value is -3.62. The van der Waals surface area contributed by atoms with Crippen LogP contribution < -0.4 is 10.1 Å². The van der Waals surface area contributed by atoms with Crippen molar-refractivity contribution in [1.29, 1.82) is 0 Å². The summed E-state index contributed by atoms with van der Waals surface area (Å²) in [6.07, 6.45) is 5.93. The highest BCUT2D eigenvalue weighted by molar-refractivity contribution is 7.92. The number of thiophene rings is 1. The molecule has 0 fully saturated rings. The normalized spacial score (nSPS) is 13.8. The fourth-order valence-corrected chi connectivity index (χ4v) is 8.00. The highest BCUT2D eigenvalue weighted by atomic mass is 32.2. The van der Waals surface area contributed by atoms with Crippen LogP contribution in [-0.2, 0) is 48.3 Å². The fraction of sp³-hybridized carbons (Fsp3) is 0.370. The summed E-state index contributed by atoms with van der Waals surface area (Å²) in [4.78, 5) is 55.1. The number of carbonyl (C=O) groups is 4. The number of thiazole rings is 1. The Kier molecular flexibility index (Phi) is 9.56. The molecule has 0 saturated carbocycles. The molecule has 0 bridgehead atoms. The molecule has 0 saturated heterocycles. The molecular formula is C27H29N3O8S3. The zero-order valence-electron chi connectivity index (χ0n) is 22.6. The Morgan fingerprint density at radius 3 is 2.49 bits per heavy atom. The van der Waals surface area contributed by atoms with E-state index < -0.39 is 45.1 Å². The molecule has 4 rings (SSSR count). The van der Waals surface area contributed by atoms with Crippen molar-refractivity contribution in [2.45, 2.75) is 38.6 Å². The molecule has 1 aliphatic rings. The predicted octanol–water partition coefficient (Wildman–Crippen LogP) is 3.27. The van der Waals surface area contributed by atoms with Crippen LogP contribution in [0, 0.1) is 0 Å². The van der Waals surface area contributed by atoms with E-state index in [0.29, 0.717) is 22.2 Å². The molecule has 3 aromatic rings. The number of allylic oxidation sites excluding steroid dienone is 1. The van der Waals surface area contributed by atoms with Gasteiger partial charge >= 0.3 is 11.9 Å². The predicted molar refractivity (Wildman–Crippen MR) is 156 cm³/mol. The lowest BCUT2D eigenvalue weighted by atomic mass is 10.1. The number of hydrogen-bond donors (Lipinski definition) is 1. The molecule has 0 aliphatic heterocycles. The van der Waals surface area contributed by atoms with Gasteiger partial charge in [0.2, 0.25) is 5.91 Å². The fourth-order valence-electron chi connectivity index (χ4n) is 4.60. The van der Waals surface area contributed by atoms with E-state index in [9.17, 15) is 27.6 Å². The monoisotopic (exact) mass is 619 g/mol. The Morgan fingerprint density at radius 2 is 1.78 bits per heavy atom. The maximum absolute atomic E-state index is 12.8. The first-order valence-electron chi connectivity index (χ1n) is 12.7. The van der Waals surface area contributed by atoms with Crippen molar-refractivity contribution >= 4 is 71.5 Å². The van der Waals surface area contributed by atoms with Crippen LogP contribution in [0.25, 0.3) is 10.2 Å². The van der Waals surface area contributed by atoms with Crippen LogP contribution in [0.4, 0.5) is 5.00 Å². The molecule has 2 amide bonds. The second-order valence-corrected chi connectivity index (χ2v) is 13.5. The van der Waals surface area contributed by atoms with Gasteiger partial charge in [-0.1, -0.05) is 23.8 Å². The van der Waals surface area contributed by atoms with Gasteiger partial charge in [0.05, 0.1) is 35.6 Å². The topological polar surface area (TPSA) is 150 Å². The van der Waals surface area contributed by atoms with Gasteiger partial charge in [-0.3, -0.25) is 9.59 Å². The van der Waals surface area contributed by atoms with Gasteiger partial charge in [-0.15, -0.1) is 17.9 Å². The first-order chi connectivity index (χ1) is 19.6. The molecule has 218 valence electrons. The van der Waals surface area contributed by atoms with Crippen molar-refractivity contribution in [2.24, 2.45) is 4.99 Å². The number of ether oxygens (including phenoxy) is 2. The van der Waals surface area contributed by atoms with E-state index in [-0.39, 0.29) is 21.9 Å².